The minimum absolute atomic E-state index is 0.265. The average molecular weight is 290 g/mol. The summed E-state index contributed by atoms with van der Waals surface area (Å²) in [5.74, 6) is -3.04. The molecule has 0 unspecified atom stereocenters. The van der Waals surface area contributed by atoms with Gasteiger partial charge in [0, 0.05) is 18.3 Å². The van der Waals surface area contributed by atoms with Crippen molar-refractivity contribution in [2.45, 2.75) is 6.92 Å². The van der Waals surface area contributed by atoms with Gasteiger partial charge in [0.25, 0.3) is 5.91 Å². The molecule has 2 amide bonds. The van der Waals surface area contributed by atoms with E-state index in [0.717, 1.165) is 12.1 Å². The van der Waals surface area contributed by atoms with E-state index < -0.39 is 23.1 Å². The van der Waals surface area contributed by atoms with Gasteiger partial charge in [0.2, 0.25) is 5.91 Å². The van der Waals surface area contributed by atoms with E-state index in [-0.39, 0.29) is 5.91 Å². The molecule has 2 rings (SSSR count). The van der Waals surface area contributed by atoms with E-state index in [1.165, 1.54) is 19.1 Å². The molecule has 0 aliphatic rings. The summed E-state index contributed by atoms with van der Waals surface area (Å²) in [6.45, 7) is 1.35. The number of anilines is 2. The Hall–Kier alpha value is -2.76. The molecule has 108 valence electrons. The first kappa shape index (κ1) is 14.6. The Balaban J connectivity index is 2.22. The Bertz CT molecular complexity index is 682. The summed E-state index contributed by atoms with van der Waals surface area (Å²) in [6.07, 6.45) is 0. The first-order valence-corrected chi connectivity index (χ1v) is 6.10. The number of carbonyl (C=O) groups excluding carboxylic acids is 2. The van der Waals surface area contributed by atoms with Crippen molar-refractivity contribution in [1.82, 2.24) is 0 Å². The number of hydrogen-bond donors (Lipinski definition) is 2. The van der Waals surface area contributed by atoms with Gasteiger partial charge in [-0.25, -0.2) is 8.78 Å². The molecule has 0 saturated carbocycles. The number of nitrogens with one attached hydrogen (secondary N) is 2. The predicted octanol–water partition coefficient (Wildman–Crippen LogP) is 3.18. The van der Waals surface area contributed by atoms with Crippen LogP contribution in [0.15, 0.2) is 42.5 Å². The van der Waals surface area contributed by atoms with Crippen molar-refractivity contribution < 1.29 is 18.4 Å². The van der Waals surface area contributed by atoms with Crippen LogP contribution in [0.2, 0.25) is 0 Å². The maximum Gasteiger partial charge on any atom is 0.261 e. The van der Waals surface area contributed by atoms with Crippen LogP contribution in [0.3, 0.4) is 0 Å². The molecule has 21 heavy (non-hydrogen) atoms. The third-order valence-electron chi connectivity index (χ3n) is 2.63. The maximum absolute atomic E-state index is 13.5. The summed E-state index contributed by atoms with van der Waals surface area (Å²) in [7, 11) is 0. The van der Waals surface area contributed by atoms with Gasteiger partial charge in [-0.3, -0.25) is 9.59 Å². The number of hydrogen-bond acceptors (Lipinski definition) is 2. The van der Waals surface area contributed by atoms with Crippen molar-refractivity contribution in [2.75, 3.05) is 10.6 Å². The maximum atomic E-state index is 13.5. The largest absolute Gasteiger partial charge is 0.326 e. The SMILES string of the molecule is CC(=O)Nc1cccc(NC(=O)c2c(F)cccc2F)c1. The number of benzene rings is 2. The minimum Gasteiger partial charge on any atom is -0.326 e. The standard InChI is InChI=1S/C15H12F2N2O2/c1-9(20)18-10-4-2-5-11(8-10)19-15(21)14-12(16)6-3-7-13(14)17/h2-8H,1H3,(H,18,20)(H,19,21). The van der Waals surface area contributed by atoms with Gasteiger partial charge in [0.15, 0.2) is 0 Å². The highest BCUT2D eigenvalue weighted by atomic mass is 19.1. The number of carbonyl (C=O) groups is 2. The van der Waals surface area contributed by atoms with Crippen molar-refractivity contribution in [1.29, 1.82) is 0 Å². The van der Waals surface area contributed by atoms with E-state index in [1.807, 2.05) is 0 Å². The second-order valence-corrected chi connectivity index (χ2v) is 4.31. The molecule has 0 saturated heterocycles. The summed E-state index contributed by atoms with van der Waals surface area (Å²) in [5, 5.41) is 4.93. The number of rotatable bonds is 3. The summed E-state index contributed by atoms with van der Waals surface area (Å²) in [4.78, 5) is 22.9. The molecule has 4 nitrogen and oxygen atoms in total. The molecule has 2 N–H and O–H groups in total. The van der Waals surface area contributed by atoms with Gasteiger partial charge in [0.1, 0.15) is 17.2 Å². The second-order valence-electron chi connectivity index (χ2n) is 4.31. The number of halogens is 2. The first-order valence-electron chi connectivity index (χ1n) is 6.10. The Morgan fingerprint density at radius 2 is 1.43 bits per heavy atom. The van der Waals surface area contributed by atoms with Gasteiger partial charge >= 0.3 is 0 Å². The van der Waals surface area contributed by atoms with Crippen molar-refractivity contribution in [3.8, 4) is 0 Å². The molecular weight excluding hydrogens is 278 g/mol. The van der Waals surface area contributed by atoms with Gasteiger partial charge in [0.05, 0.1) is 0 Å². The van der Waals surface area contributed by atoms with E-state index >= 15 is 0 Å². The van der Waals surface area contributed by atoms with Crippen LogP contribution in [0.4, 0.5) is 20.2 Å². The van der Waals surface area contributed by atoms with E-state index in [0.29, 0.717) is 11.4 Å². The lowest BCUT2D eigenvalue weighted by molar-refractivity contribution is -0.114. The zero-order valence-corrected chi connectivity index (χ0v) is 11.1. The number of amides is 2. The second kappa shape index (κ2) is 6.13. The molecule has 0 heterocycles. The molecule has 2 aromatic carbocycles. The molecular formula is C15H12F2N2O2. The van der Waals surface area contributed by atoms with E-state index in [1.54, 1.807) is 18.2 Å². The van der Waals surface area contributed by atoms with Crippen molar-refractivity contribution in [3.63, 3.8) is 0 Å². The quantitative estimate of drug-likeness (QED) is 0.912. The van der Waals surface area contributed by atoms with E-state index in [9.17, 15) is 18.4 Å². The lowest BCUT2D eigenvalue weighted by Gasteiger charge is -2.09. The third kappa shape index (κ3) is 3.62. The summed E-state index contributed by atoms with van der Waals surface area (Å²) >= 11 is 0. The van der Waals surface area contributed by atoms with Crippen molar-refractivity contribution in [3.05, 3.63) is 59.7 Å². The molecule has 6 heteroatoms. The predicted molar refractivity (Wildman–Crippen MR) is 75.1 cm³/mol. The Morgan fingerprint density at radius 1 is 0.905 bits per heavy atom. The van der Waals surface area contributed by atoms with Crippen LogP contribution in [0.25, 0.3) is 0 Å². The third-order valence-corrected chi connectivity index (χ3v) is 2.63. The molecule has 0 aliphatic heterocycles. The van der Waals surface area contributed by atoms with Gasteiger partial charge in [-0.15, -0.1) is 0 Å². The Kier molecular flexibility index (Phi) is 4.27. The summed E-state index contributed by atoms with van der Waals surface area (Å²) in [5.41, 5.74) is 0.130. The molecule has 0 bridgehead atoms. The topological polar surface area (TPSA) is 58.2 Å². The normalized spacial score (nSPS) is 10.0. The Labute approximate surface area is 119 Å². The Morgan fingerprint density at radius 3 is 2.00 bits per heavy atom. The highest BCUT2D eigenvalue weighted by Crippen LogP contribution is 2.18. The highest BCUT2D eigenvalue weighted by Gasteiger charge is 2.17. The lowest BCUT2D eigenvalue weighted by Crippen LogP contribution is -2.16. The fourth-order valence-corrected chi connectivity index (χ4v) is 1.79. The van der Waals surface area contributed by atoms with Crippen LogP contribution in [0.5, 0.6) is 0 Å². The smallest absolute Gasteiger partial charge is 0.261 e. The monoisotopic (exact) mass is 290 g/mol. The van der Waals surface area contributed by atoms with Crippen LogP contribution in [-0.2, 0) is 4.79 Å². The van der Waals surface area contributed by atoms with Gasteiger partial charge in [-0.2, -0.15) is 0 Å². The van der Waals surface area contributed by atoms with Crippen LogP contribution in [0.1, 0.15) is 17.3 Å². The molecule has 0 atom stereocenters. The van der Waals surface area contributed by atoms with Crippen molar-refractivity contribution in [2.24, 2.45) is 0 Å². The van der Waals surface area contributed by atoms with Crippen LogP contribution in [0, 0.1) is 11.6 Å². The summed E-state index contributed by atoms with van der Waals surface area (Å²) < 4.78 is 27.0. The summed E-state index contributed by atoms with van der Waals surface area (Å²) in [6, 6.07) is 9.44. The molecule has 0 fully saturated rings. The van der Waals surface area contributed by atoms with E-state index in [2.05, 4.69) is 10.6 Å². The first-order chi connectivity index (χ1) is 9.97. The minimum atomic E-state index is -0.939. The molecule has 0 spiro atoms. The fourth-order valence-electron chi connectivity index (χ4n) is 1.79. The van der Waals surface area contributed by atoms with Crippen LogP contribution >= 0.6 is 0 Å². The van der Waals surface area contributed by atoms with Gasteiger partial charge in [-0.1, -0.05) is 12.1 Å². The van der Waals surface area contributed by atoms with Crippen LogP contribution in [-0.4, -0.2) is 11.8 Å². The highest BCUT2D eigenvalue weighted by molar-refractivity contribution is 6.05. The molecule has 2 aromatic rings. The molecule has 0 aliphatic carbocycles. The van der Waals surface area contributed by atoms with Gasteiger partial charge in [-0.05, 0) is 30.3 Å². The molecule has 0 aromatic heterocycles. The van der Waals surface area contributed by atoms with Gasteiger partial charge < -0.3 is 10.6 Å². The zero-order chi connectivity index (χ0) is 15.4. The lowest BCUT2D eigenvalue weighted by atomic mass is 10.1. The zero-order valence-electron chi connectivity index (χ0n) is 11.1. The van der Waals surface area contributed by atoms with Crippen molar-refractivity contribution >= 4 is 23.2 Å². The fraction of sp³-hybridized carbons (Fsp3) is 0.0667. The van der Waals surface area contributed by atoms with Crippen LogP contribution < -0.4 is 10.6 Å². The molecule has 0 radical (unpaired) electrons. The van der Waals surface area contributed by atoms with E-state index in [4.69, 9.17) is 0 Å². The average Bonchev–Trinajstić information content (AvgIpc) is 2.37.